The summed E-state index contributed by atoms with van der Waals surface area (Å²) in [4.78, 5) is 4.27. The van der Waals surface area contributed by atoms with E-state index in [1.54, 1.807) is 6.20 Å². The van der Waals surface area contributed by atoms with E-state index >= 15 is 0 Å². The highest BCUT2D eigenvalue weighted by molar-refractivity contribution is 5.44. The number of hydrogen-bond acceptors (Lipinski definition) is 4. The average Bonchev–Trinajstić information content (AvgIpc) is 2.31. The van der Waals surface area contributed by atoms with Crippen LogP contribution >= 0.6 is 0 Å². The van der Waals surface area contributed by atoms with Crippen LogP contribution in [0.2, 0.25) is 0 Å². The zero-order valence-corrected chi connectivity index (χ0v) is 9.44. The molecular weight excluding hydrogens is 200 g/mol. The lowest BCUT2D eigenvalue weighted by Gasteiger charge is -2.07. The van der Waals surface area contributed by atoms with Gasteiger partial charge in [-0.2, -0.15) is 5.10 Å². The van der Waals surface area contributed by atoms with Crippen molar-refractivity contribution in [3.8, 4) is 0 Å². The maximum Gasteiger partial charge on any atom is 0.149 e. The Morgan fingerprint density at radius 1 is 1.12 bits per heavy atom. The number of nitrogen functional groups attached to an aromatic ring is 1. The second kappa shape index (κ2) is 4.26. The van der Waals surface area contributed by atoms with Gasteiger partial charge in [-0.15, -0.1) is 5.10 Å². The molecule has 2 heterocycles. The molecule has 0 aliphatic carbocycles. The molecule has 2 N–H and O–H groups in total. The highest BCUT2D eigenvalue weighted by Gasteiger charge is 2.08. The zero-order valence-electron chi connectivity index (χ0n) is 9.44. The molecule has 2 rings (SSSR count). The van der Waals surface area contributed by atoms with E-state index in [-0.39, 0.29) is 0 Å². The largest absolute Gasteiger partial charge is 0.382 e. The van der Waals surface area contributed by atoms with Gasteiger partial charge in [0, 0.05) is 18.3 Å². The molecule has 2 aromatic rings. The van der Waals surface area contributed by atoms with E-state index in [1.165, 1.54) is 0 Å². The summed E-state index contributed by atoms with van der Waals surface area (Å²) in [5, 5.41) is 8.05. The summed E-state index contributed by atoms with van der Waals surface area (Å²) in [6.45, 7) is 3.97. The van der Waals surface area contributed by atoms with Gasteiger partial charge in [-0.1, -0.05) is 6.07 Å². The lowest BCUT2D eigenvalue weighted by molar-refractivity contribution is 0.897. The topological polar surface area (TPSA) is 64.7 Å². The van der Waals surface area contributed by atoms with Crippen molar-refractivity contribution in [1.29, 1.82) is 0 Å². The van der Waals surface area contributed by atoms with Gasteiger partial charge in [0.15, 0.2) is 0 Å². The minimum Gasteiger partial charge on any atom is -0.382 e. The minimum absolute atomic E-state index is 0.502. The van der Waals surface area contributed by atoms with E-state index < -0.39 is 0 Å². The van der Waals surface area contributed by atoms with Crippen LogP contribution in [0.1, 0.15) is 22.5 Å². The fourth-order valence-electron chi connectivity index (χ4n) is 1.51. The van der Waals surface area contributed by atoms with Crippen LogP contribution in [0, 0.1) is 13.8 Å². The maximum atomic E-state index is 5.69. The highest BCUT2D eigenvalue weighted by Crippen LogP contribution is 2.16. The monoisotopic (exact) mass is 214 g/mol. The lowest BCUT2D eigenvalue weighted by atomic mass is 10.1. The second-order valence-electron chi connectivity index (χ2n) is 3.78. The van der Waals surface area contributed by atoms with Gasteiger partial charge in [0.2, 0.25) is 0 Å². The highest BCUT2D eigenvalue weighted by atomic mass is 15.1. The molecule has 16 heavy (non-hydrogen) atoms. The molecular formula is C12H14N4. The van der Waals surface area contributed by atoms with E-state index in [0.717, 1.165) is 22.5 Å². The average molecular weight is 214 g/mol. The van der Waals surface area contributed by atoms with Gasteiger partial charge in [-0.05, 0) is 37.1 Å². The molecule has 0 spiro atoms. The second-order valence-corrected chi connectivity index (χ2v) is 3.78. The number of pyridine rings is 1. The van der Waals surface area contributed by atoms with Crippen LogP contribution in [-0.4, -0.2) is 15.2 Å². The summed E-state index contributed by atoms with van der Waals surface area (Å²) in [7, 11) is 0. The van der Waals surface area contributed by atoms with Crippen LogP contribution in [0.25, 0.3) is 0 Å². The Labute approximate surface area is 94.6 Å². The Morgan fingerprint density at radius 2 is 1.94 bits per heavy atom. The van der Waals surface area contributed by atoms with Crippen LogP contribution in [0.4, 0.5) is 5.82 Å². The van der Waals surface area contributed by atoms with Gasteiger partial charge in [0.1, 0.15) is 5.82 Å². The SMILES string of the molecule is Cc1c(N)nnc(Cc2ccccn2)c1C. The Hall–Kier alpha value is -1.97. The standard InChI is InChI=1S/C12H14N4/c1-8-9(2)12(13)16-15-11(8)7-10-5-3-4-6-14-10/h3-6H,7H2,1-2H3,(H2,13,16). The number of hydrogen-bond donors (Lipinski definition) is 1. The lowest BCUT2D eigenvalue weighted by Crippen LogP contribution is -2.05. The fourth-order valence-corrected chi connectivity index (χ4v) is 1.51. The summed E-state index contributed by atoms with van der Waals surface area (Å²) < 4.78 is 0. The fraction of sp³-hybridized carbons (Fsp3) is 0.250. The van der Waals surface area contributed by atoms with E-state index in [1.807, 2.05) is 32.0 Å². The quantitative estimate of drug-likeness (QED) is 0.825. The molecule has 2 aromatic heterocycles. The Balaban J connectivity index is 2.33. The first-order chi connectivity index (χ1) is 7.68. The molecule has 4 heteroatoms. The number of anilines is 1. The van der Waals surface area contributed by atoms with E-state index in [2.05, 4.69) is 15.2 Å². The van der Waals surface area contributed by atoms with Gasteiger partial charge < -0.3 is 5.73 Å². The first-order valence-corrected chi connectivity index (χ1v) is 5.16. The number of rotatable bonds is 2. The number of aromatic nitrogens is 3. The summed E-state index contributed by atoms with van der Waals surface area (Å²) in [5.74, 6) is 0.502. The zero-order chi connectivity index (χ0) is 11.5. The molecule has 82 valence electrons. The number of nitrogens with two attached hydrogens (primary N) is 1. The third-order valence-corrected chi connectivity index (χ3v) is 2.73. The molecule has 0 aliphatic rings. The van der Waals surface area contributed by atoms with Crippen LogP contribution in [0.15, 0.2) is 24.4 Å². The number of nitrogens with zero attached hydrogens (tertiary/aromatic N) is 3. The van der Waals surface area contributed by atoms with E-state index in [4.69, 9.17) is 5.73 Å². The molecule has 0 atom stereocenters. The van der Waals surface area contributed by atoms with E-state index in [9.17, 15) is 0 Å². The van der Waals surface area contributed by atoms with Crippen LogP contribution in [0.5, 0.6) is 0 Å². The third kappa shape index (κ3) is 2.00. The van der Waals surface area contributed by atoms with Crippen molar-refractivity contribution in [2.45, 2.75) is 20.3 Å². The van der Waals surface area contributed by atoms with E-state index in [0.29, 0.717) is 12.2 Å². The molecule has 0 unspecified atom stereocenters. The maximum absolute atomic E-state index is 5.69. The molecule has 0 saturated carbocycles. The molecule has 4 nitrogen and oxygen atoms in total. The molecule has 0 fully saturated rings. The summed E-state index contributed by atoms with van der Waals surface area (Å²) in [6.07, 6.45) is 2.48. The van der Waals surface area contributed by atoms with Crippen LogP contribution < -0.4 is 5.73 Å². The molecule has 0 radical (unpaired) electrons. The summed E-state index contributed by atoms with van der Waals surface area (Å²) >= 11 is 0. The van der Waals surface area contributed by atoms with Crippen molar-refractivity contribution < 1.29 is 0 Å². The van der Waals surface area contributed by atoms with Gasteiger partial charge in [-0.3, -0.25) is 4.98 Å². The third-order valence-electron chi connectivity index (χ3n) is 2.73. The Morgan fingerprint density at radius 3 is 2.62 bits per heavy atom. The van der Waals surface area contributed by atoms with Crippen molar-refractivity contribution in [2.75, 3.05) is 5.73 Å². The van der Waals surface area contributed by atoms with Crippen molar-refractivity contribution in [3.05, 3.63) is 46.9 Å². The summed E-state index contributed by atoms with van der Waals surface area (Å²) in [6, 6.07) is 5.85. The first kappa shape index (κ1) is 10.5. The van der Waals surface area contributed by atoms with Gasteiger partial charge in [-0.25, -0.2) is 0 Å². The van der Waals surface area contributed by atoms with Crippen molar-refractivity contribution in [3.63, 3.8) is 0 Å². The van der Waals surface area contributed by atoms with Gasteiger partial charge in [0.25, 0.3) is 0 Å². The van der Waals surface area contributed by atoms with Crippen molar-refractivity contribution in [2.24, 2.45) is 0 Å². The molecule has 0 amide bonds. The predicted octanol–water partition coefficient (Wildman–Crippen LogP) is 1.66. The molecule has 0 aromatic carbocycles. The van der Waals surface area contributed by atoms with Crippen molar-refractivity contribution in [1.82, 2.24) is 15.2 Å². The predicted molar refractivity (Wildman–Crippen MR) is 63.0 cm³/mol. The Kier molecular flexibility index (Phi) is 2.81. The first-order valence-electron chi connectivity index (χ1n) is 5.16. The molecule has 0 saturated heterocycles. The molecule has 0 bridgehead atoms. The smallest absolute Gasteiger partial charge is 0.149 e. The van der Waals surface area contributed by atoms with Gasteiger partial charge in [0.05, 0.1) is 5.69 Å². The normalized spacial score (nSPS) is 10.4. The molecule has 0 aliphatic heterocycles. The van der Waals surface area contributed by atoms with Gasteiger partial charge >= 0.3 is 0 Å². The van der Waals surface area contributed by atoms with Crippen LogP contribution in [-0.2, 0) is 6.42 Å². The van der Waals surface area contributed by atoms with Crippen LogP contribution in [0.3, 0.4) is 0 Å². The minimum atomic E-state index is 0.502. The van der Waals surface area contributed by atoms with Crippen molar-refractivity contribution >= 4 is 5.82 Å². The summed E-state index contributed by atoms with van der Waals surface area (Å²) in [5.41, 5.74) is 9.72. The Bertz CT molecular complexity index is 494.